The quantitative estimate of drug-likeness (QED) is 0.308. The number of non-ortho nitro benzene ring substituents is 1. The zero-order valence-electron chi connectivity index (χ0n) is 17.3. The molecule has 3 aromatic carbocycles. The normalized spacial score (nSPS) is 17.4. The molecule has 33 heavy (non-hydrogen) atoms. The van der Waals surface area contributed by atoms with E-state index in [0.29, 0.717) is 17.4 Å². The van der Waals surface area contributed by atoms with Gasteiger partial charge >= 0.3 is 0 Å². The number of amides is 1. The number of fused-ring (bicyclic) bond motifs is 1. The van der Waals surface area contributed by atoms with Crippen molar-refractivity contribution >= 4 is 29.1 Å². The van der Waals surface area contributed by atoms with Crippen molar-refractivity contribution in [2.24, 2.45) is 0 Å². The Morgan fingerprint density at radius 1 is 0.970 bits per heavy atom. The SMILES string of the molecule is O=C(c1cccc([N+](=O)[O-])c1)N1c2ncnn2[C@@H](c2ccccc2)C[C@@H]1c1ccc(Cl)cc1. The van der Waals surface area contributed by atoms with Crippen LogP contribution in [0.4, 0.5) is 11.6 Å². The molecule has 1 aliphatic rings. The molecule has 1 amide bonds. The minimum atomic E-state index is -0.516. The lowest BCUT2D eigenvalue weighted by Crippen LogP contribution is -2.42. The molecule has 2 heterocycles. The Bertz CT molecular complexity index is 1320. The fourth-order valence-electron chi connectivity index (χ4n) is 4.24. The van der Waals surface area contributed by atoms with Crippen LogP contribution in [0, 0.1) is 10.1 Å². The number of benzene rings is 3. The predicted molar refractivity (Wildman–Crippen MR) is 123 cm³/mol. The molecule has 0 spiro atoms. The molecule has 0 aliphatic carbocycles. The van der Waals surface area contributed by atoms with Crippen LogP contribution in [-0.2, 0) is 0 Å². The van der Waals surface area contributed by atoms with Crippen LogP contribution >= 0.6 is 11.6 Å². The molecule has 0 unspecified atom stereocenters. The summed E-state index contributed by atoms with van der Waals surface area (Å²) in [5.74, 6) is -0.00836. The minimum Gasteiger partial charge on any atom is -0.269 e. The summed E-state index contributed by atoms with van der Waals surface area (Å²) in [5, 5.41) is 16.3. The van der Waals surface area contributed by atoms with E-state index in [4.69, 9.17) is 11.6 Å². The standard InChI is InChI=1S/C24H18ClN5O3/c25-19-11-9-17(10-12-19)21-14-22(16-5-2-1-3-6-16)29-24(26-15-27-29)28(21)23(31)18-7-4-8-20(13-18)30(32)33/h1-13,15,21-22H,14H2/t21-,22-/m1/s1. The molecule has 1 aromatic heterocycles. The van der Waals surface area contributed by atoms with Crippen molar-refractivity contribution in [3.05, 3.63) is 117 Å². The predicted octanol–water partition coefficient (Wildman–Crippen LogP) is 5.22. The summed E-state index contributed by atoms with van der Waals surface area (Å²) in [4.78, 5) is 30.4. The maximum Gasteiger partial charge on any atom is 0.270 e. The van der Waals surface area contributed by atoms with Crippen molar-refractivity contribution in [1.82, 2.24) is 14.8 Å². The van der Waals surface area contributed by atoms with E-state index in [2.05, 4.69) is 10.1 Å². The Morgan fingerprint density at radius 3 is 2.42 bits per heavy atom. The lowest BCUT2D eigenvalue weighted by atomic mass is 9.91. The highest BCUT2D eigenvalue weighted by molar-refractivity contribution is 6.30. The van der Waals surface area contributed by atoms with Crippen LogP contribution in [0.1, 0.15) is 40.0 Å². The van der Waals surface area contributed by atoms with Gasteiger partial charge in [0, 0.05) is 22.7 Å². The molecule has 4 aromatic rings. The van der Waals surface area contributed by atoms with Gasteiger partial charge in [0.15, 0.2) is 0 Å². The Hall–Kier alpha value is -4.04. The Labute approximate surface area is 194 Å². The molecule has 0 saturated carbocycles. The third-order valence-corrected chi connectivity index (χ3v) is 6.04. The average Bonchev–Trinajstić information content (AvgIpc) is 3.33. The van der Waals surface area contributed by atoms with Crippen LogP contribution in [0.5, 0.6) is 0 Å². The summed E-state index contributed by atoms with van der Waals surface area (Å²) in [6, 6.07) is 22.4. The van der Waals surface area contributed by atoms with Crippen molar-refractivity contribution in [3.8, 4) is 0 Å². The molecular formula is C24H18ClN5O3. The van der Waals surface area contributed by atoms with Crippen LogP contribution in [0.15, 0.2) is 85.2 Å². The molecular weight excluding hydrogens is 442 g/mol. The van der Waals surface area contributed by atoms with Gasteiger partial charge in [0.25, 0.3) is 11.6 Å². The number of hydrogen-bond donors (Lipinski definition) is 0. The van der Waals surface area contributed by atoms with Gasteiger partial charge in [0.1, 0.15) is 6.33 Å². The first kappa shape index (κ1) is 20.8. The molecule has 1 aliphatic heterocycles. The third kappa shape index (κ3) is 3.85. The van der Waals surface area contributed by atoms with E-state index in [-0.39, 0.29) is 29.2 Å². The number of nitro groups is 1. The molecule has 2 atom stereocenters. The lowest BCUT2D eigenvalue weighted by Gasteiger charge is -2.39. The van der Waals surface area contributed by atoms with Crippen molar-refractivity contribution in [3.63, 3.8) is 0 Å². The molecule has 0 N–H and O–H groups in total. The van der Waals surface area contributed by atoms with Crippen LogP contribution in [0.2, 0.25) is 5.02 Å². The van der Waals surface area contributed by atoms with Crippen LogP contribution < -0.4 is 4.90 Å². The molecule has 8 nitrogen and oxygen atoms in total. The molecule has 0 fully saturated rings. The Kier molecular flexibility index (Phi) is 5.35. The van der Waals surface area contributed by atoms with Crippen molar-refractivity contribution < 1.29 is 9.72 Å². The smallest absolute Gasteiger partial charge is 0.269 e. The number of anilines is 1. The zero-order valence-corrected chi connectivity index (χ0v) is 18.0. The first-order valence-corrected chi connectivity index (χ1v) is 10.7. The van der Waals surface area contributed by atoms with E-state index >= 15 is 0 Å². The molecule has 0 bridgehead atoms. The summed E-state index contributed by atoms with van der Waals surface area (Å²) in [6.45, 7) is 0. The number of rotatable bonds is 4. The second-order valence-electron chi connectivity index (χ2n) is 7.72. The van der Waals surface area contributed by atoms with Gasteiger partial charge in [-0.1, -0.05) is 60.1 Å². The first-order valence-electron chi connectivity index (χ1n) is 10.3. The van der Waals surface area contributed by atoms with Gasteiger partial charge in [-0.05, 0) is 35.7 Å². The maximum absolute atomic E-state index is 13.7. The average molecular weight is 460 g/mol. The zero-order chi connectivity index (χ0) is 22.9. The Balaban J connectivity index is 1.64. The van der Waals surface area contributed by atoms with E-state index in [1.54, 1.807) is 27.8 Å². The molecule has 5 rings (SSSR count). The number of carbonyl (C=O) groups is 1. The van der Waals surface area contributed by atoms with E-state index in [0.717, 1.165) is 11.1 Å². The fourth-order valence-corrected chi connectivity index (χ4v) is 4.36. The second-order valence-corrected chi connectivity index (χ2v) is 8.15. The van der Waals surface area contributed by atoms with Gasteiger partial charge in [-0.3, -0.25) is 19.8 Å². The number of aromatic nitrogens is 3. The monoisotopic (exact) mass is 459 g/mol. The Morgan fingerprint density at radius 2 is 1.70 bits per heavy atom. The summed E-state index contributed by atoms with van der Waals surface area (Å²) in [6.07, 6.45) is 1.96. The second kappa shape index (κ2) is 8.48. The van der Waals surface area contributed by atoms with Gasteiger partial charge in [0.2, 0.25) is 5.95 Å². The van der Waals surface area contributed by atoms with Gasteiger partial charge in [-0.25, -0.2) is 4.68 Å². The summed E-state index contributed by atoms with van der Waals surface area (Å²) >= 11 is 6.11. The van der Waals surface area contributed by atoms with E-state index in [1.165, 1.54) is 24.5 Å². The van der Waals surface area contributed by atoms with Crippen molar-refractivity contribution in [2.45, 2.75) is 18.5 Å². The van der Waals surface area contributed by atoms with Crippen molar-refractivity contribution in [1.29, 1.82) is 0 Å². The maximum atomic E-state index is 13.7. The number of carbonyl (C=O) groups excluding carboxylic acids is 1. The topological polar surface area (TPSA) is 94.2 Å². The number of nitro benzene ring substituents is 1. The largest absolute Gasteiger partial charge is 0.270 e. The first-order chi connectivity index (χ1) is 16.0. The van der Waals surface area contributed by atoms with Crippen molar-refractivity contribution in [2.75, 3.05) is 4.90 Å². The van der Waals surface area contributed by atoms with E-state index < -0.39 is 4.92 Å². The fraction of sp³-hybridized carbons (Fsp3) is 0.125. The highest BCUT2D eigenvalue weighted by Gasteiger charge is 2.40. The number of nitrogens with zero attached hydrogens (tertiary/aromatic N) is 5. The van der Waals surface area contributed by atoms with Crippen LogP contribution in [0.25, 0.3) is 0 Å². The van der Waals surface area contributed by atoms with Crippen LogP contribution in [0.3, 0.4) is 0 Å². The number of halogens is 1. The minimum absolute atomic E-state index is 0.140. The van der Waals surface area contributed by atoms with E-state index in [1.807, 2.05) is 42.5 Å². The summed E-state index contributed by atoms with van der Waals surface area (Å²) < 4.78 is 1.73. The van der Waals surface area contributed by atoms with E-state index in [9.17, 15) is 14.9 Å². The molecule has 0 radical (unpaired) electrons. The lowest BCUT2D eigenvalue weighted by molar-refractivity contribution is -0.384. The van der Waals surface area contributed by atoms with Gasteiger partial charge in [-0.2, -0.15) is 10.1 Å². The highest BCUT2D eigenvalue weighted by Crippen LogP contribution is 2.42. The highest BCUT2D eigenvalue weighted by atomic mass is 35.5. The van der Waals surface area contributed by atoms with Crippen LogP contribution in [-0.4, -0.2) is 25.6 Å². The molecule has 164 valence electrons. The number of hydrogen-bond acceptors (Lipinski definition) is 5. The summed E-state index contributed by atoms with van der Waals surface area (Å²) in [5.41, 5.74) is 1.99. The summed E-state index contributed by atoms with van der Waals surface area (Å²) in [7, 11) is 0. The van der Waals surface area contributed by atoms with Gasteiger partial charge in [-0.15, -0.1) is 0 Å². The van der Waals surface area contributed by atoms with Gasteiger partial charge < -0.3 is 0 Å². The van der Waals surface area contributed by atoms with Gasteiger partial charge in [0.05, 0.1) is 17.0 Å². The molecule has 9 heteroatoms. The third-order valence-electron chi connectivity index (χ3n) is 5.78. The molecule has 0 saturated heterocycles.